The van der Waals surface area contributed by atoms with Crippen LogP contribution in [0.3, 0.4) is 0 Å². The van der Waals surface area contributed by atoms with Gasteiger partial charge in [0.15, 0.2) is 24.8 Å². The van der Waals surface area contributed by atoms with Crippen molar-refractivity contribution in [2.75, 3.05) is 13.2 Å². The quantitative estimate of drug-likeness (QED) is 0.393. The van der Waals surface area contributed by atoms with Crippen LogP contribution in [-0.4, -0.2) is 36.7 Å². The first-order valence-corrected chi connectivity index (χ1v) is 7.94. The number of hydrogen-bond donors (Lipinski definition) is 0. The summed E-state index contributed by atoms with van der Waals surface area (Å²) in [5.74, 6) is -4.45. The van der Waals surface area contributed by atoms with Crippen molar-refractivity contribution < 1.29 is 37.4 Å². The molecule has 28 heavy (non-hydrogen) atoms. The maximum atomic E-state index is 13.0. The summed E-state index contributed by atoms with van der Waals surface area (Å²) < 4.78 is 35.3. The molecule has 0 saturated heterocycles. The summed E-state index contributed by atoms with van der Waals surface area (Å²) in [6.07, 6.45) is 1.43. The first-order valence-electron chi connectivity index (χ1n) is 7.94. The molecule has 0 aliphatic rings. The third-order valence-corrected chi connectivity index (χ3v) is 3.34. The number of hydrogen-bond acceptors (Lipinski definition) is 6. The van der Waals surface area contributed by atoms with Crippen LogP contribution < -0.4 is 0 Å². The SMILES string of the molecule is O=C(/C=C/C(=O)OCC(=O)c1cccc(F)c1)OCC(=O)c1cccc(F)c1. The molecular formula is C20H14F2O6. The first-order chi connectivity index (χ1) is 13.3. The highest BCUT2D eigenvalue weighted by Crippen LogP contribution is 2.06. The molecule has 0 atom stereocenters. The normalized spacial score (nSPS) is 10.5. The topological polar surface area (TPSA) is 86.7 Å². The van der Waals surface area contributed by atoms with Gasteiger partial charge in [-0.15, -0.1) is 0 Å². The van der Waals surface area contributed by atoms with E-state index in [0.29, 0.717) is 12.2 Å². The summed E-state index contributed by atoms with van der Waals surface area (Å²) >= 11 is 0. The second-order valence-electron chi connectivity index (χ2n) is 5.42. The van der Waals surface area contributed by atoms with E-state index in [9.17, 15) is 28.0 Å². The fourth-order valence-electron chi connectivity index (χ4n) is 2.00. The van der Waals surface area contributed by atoms with Gasteiger partial charge in [0.1, 0.15) is 11.6 Å². The number of halogens is 2. The van der Waals surface area contributed by atoms with Crippen LogP contribution >= 0.6 is 0 Å². The molecule has 144 valence electrons. The number of esters is 2. The van der Waals surface area contributed by atoms with E-state index in [4.69, 9.17) is 0 Å². The molecule has 0 saturated carbocycles. The lowest BCUT2D eigenvalue weighted by molar-refractivity contribution is -0.139. The number of ether oxygens (including phenoxy) is 2. The Balaban J connectivity index is 1.76. The standard InChI is InChI=1S/C20H14F2O6/c21-15-5-1-3-13(9-15)17(23)11-27-19(25)7-8-20(26)28-12-18(24)14-4-2-6-16(22)10-14/h1-10H,11-12H2/b8-7+. The molecule has 8 heteroatoms. The van der Waals surface area contributed by atoms with E-state index in [-0.39, 0.29) is 11.1 Å². The van der Waals surface area contributed by atoms with Gasteiger partial charge in [-0.25, -0.2) is 18.4 Å². The Hall–Kier alpha value is -3.68. The van der Waals surface area contributed by atoms with Crippen molar-refractivity contribution in [1.82, 2.24) is 0 Å². The van der Waals surface area contributed by atoms with Gasteiger partial charge < -0.3 is 9.47 Å². The van der Waals surface area contributed by atoms with Gasteiger partial charge in [-0.2, -0.15) is 0 Å². The van der Waals surface area contributed by atoms with E-state index >= 15 is 0 Å². The van der Waals surface area contributed by atoms with Crippen LogP contribution in [0.15, 0.2) is 60.7 Å². The largest absolute Gasteiger partial charge is 0.454 e. The van der Waals surface area contributed by atoms with Crippen molar-refractivity contribution in [3.63, 3.8) is 0 Å². The zero-order valence-electron chi connectivity index (χ0n) is 14.4. The van der Waals surface area contributed by atoms with E-state index in [1.165, 1.54) is 24.3 Å². The highest BCUT2D eigenvalue weighted by Gasteiger charge is 2.11. The zero-order valence-corrected chi connectivity index (χ0v) is 14.4. The second-order valence-corrected chi connectivity index (χ2v) is 5.42. The van der Waals surface area contributed by atoms with E-state index in [2.05, 4.69) is 9.47 Å². The highest BCUT2D eigenvalue weighted by atomic mass is 19.1. The average Bonchev–Trinajstić information content (AvgIpc) is 2.68. The van der Waals surface area contributed by atoms with Crippen molar-refractivity contribution in [2.24, 2.45) is 0 Å². The Morgan fingerprint density at radius 2 is 1.11 bits per heavy atom. The molecule has 0 N–H and O–H groups in total. The summed E-state index contributed by atoms with van der Waals surface area (Å²) in [7, 11) is 0. The summed E-state index contributed by atoms with van der Waals surface area (Å²) in [6.45, 7) is -1.28. The monoisotopic (exact) mass is 388 g/mol. The summed E-state index contributed by atoms with van der Waals surface area (Å²) in [5.41, 5.74) is 0.0686. The molecule has 0 bridgehead atoms. The van der Waals surface area contributed by atoms with Gasteiger partial charge >= 0.3 is 11.9 Å². The maximum Gasteiger partial charge on any atom is 0.331 e. The van der Waals surface area contributed by atoms with E-state index in [1.807, 2.05) is 0 Å². The molecule has 2 aromatic carbocycles. The van der Waals surface area contributed by atoms with E-state index < -0.39 is 48.4 Å². The van der Waals surface area contributed by atoms with E-state index in [0.717, 1.165) is 24.3 Å². The molecule has 0 unspecified atom stereocenters. The van der Waals surface area contributed by atoms with Crippen LogP contribution in [0.5, 0.6) is 0 Å². The maximum absolute atomic E-state index is 13.0. The zero-order chi connectivity index (χ0) is 20.5. The Bertz CT molecular complexity index is 860. The Morgan fingerprint density at radius 1 is 0.714 bits per heavy atom. The number of carbonyl (C=O) groups excluding carboxylic acids is 4. The van der Waals surface area contributed by atoms with E-state index in [1.54, 1.807) is 0 Å². The third-order valence-electron chi connectivity index (χ3n) is 3.34. The first kappa shape index (κ1) is 20.6. The molecular weight excluding hydrogens is 374 g/mol. The van der Waals surface area contributed by atoms with Gasteiger partial charge in [-0.05, 0) is 24.3 Å². The third kappa shape index (κ3) is 6.56. The van der Waals surface area contributed by atoms with Crippen molar-refractivity contribution >= 4 is 23.5 Å². The van der Waals surface area contributed by atoms with Crippen LogP contribution in [0.2, 0.25) is 0 Å². The van der Waals surface area contributed by atoms with Crippen molar-refractivity contribution in [3.05, 3.63) is 83.4 Å². The molecule has 0 amide bonds. The molecule has 0 spiro atoms. The van der Waals surface area contributed by atoms with Gasteiger partial charge in [0.2, 0.25) is 0 Å². The number of rotatable bonds is 8. The molecule has 0 aliphatic heterocycles. The number of carbonyl (C=O) groups is 4. The van der Waals surface area contributed by atoms with Crippen LogP contribution in [0, 0.1) is 11.6 Å². The molecule has 6 nitrogen and oxygen atoms in total. The minimum absolute atomic E-state index is 0.0343. The minimum atomic E-state index is -1.00. The van der Waals surface area contributed by atoms with Crippen molar-refractivity contribution in [2.45, 2.75) is 0 Å². The molecule has 0 radical (unpaired) electrons. The van der Waals surface area contributed by atoms with Gasteiger partial charge in [0.25, 0.3) is 0 Å². The molecule has 0 aliphatic carbocycles. The predicted octanol–water partition coefficient (Wildman–Crippen LogP) is 2.67. The van der Waals surface area contributed by atoms with Crippen LogP contribution in [0.25, 0.3) is 0 Å². The van der Waals surface area contributed by atoms with Gasteiger partial charge in [0.05, 0.1) is 0 Å². The van der Waals surface area contributed by atoms with Gasteiger partial charge in [-0.3, -0.25) is 9.59 Å². The van der Waals surface area contributed by atoms with Crippen LogP contribution in [0.4, 0.5) is 8.78 Å². The smallest absolute Gasteiger partial charge is 0.331 e. The highest BCUT2D eigenvalue weighted by molar-refractivity contribution is 6.00. The van der Waals surface area contributed by atoms with Crippen LogP contribution in [-0.2, 0) is 19.1 Å². The summed E-state index contributed by atoms with van der Waals surface area (Å²) in [4.78, 5) is 46.5. The second kappa shape index (κ2) is 9.86. The minimum Gasteiger partial charge on any atom is -0.454 e. The molecule has 2 rings (SSSR count). The van der Waals surface area contributed by atoms with Crippen molar-refractivity contribution in [3.8, 4) is 0 Å². The lowest BCUT2D eigenvalue weighted by Crippen LogP contribution is -2.14. The summed E-state index contributed by atoms with van der Waals surface area (Å²) in [6, 6.07) is 9.73. The Labute approximate surface area is 158 Å². The average molecular weight is 388 g/mol. The fraction of sp³-hybridized carbons (Fsp3) is 0.100. The number of Topliss-reactive ketones (excluding diaryl/α,β-unsaturated/α-hetero) is 2. The van der Waals surface area contributed by atoms with Gasteiger partial charge in [-0.1, -0.05) is 24.3 Å². The molecule has 0 fully saturated rings. The fourth-order valence-corrected chi connectivity index (χ4v) is 2.00. The number of benzene rings is 2. The lowest BCUT2D eigenvalue weighted by Gasteiger charge is -2.03. The Morgan fingerprint density at radius 3 is 1.46 bits per heavy atom. The van der Waals surface area contributed by atoms with Crippen LogP contribution in [0.1, 0.15) is 20.7 Å². The molecule has 0 aromatic heterocycles. The summed E-state index contributed by atoms with van der Waals surface area (Å²) in [5, 5.41) is 0. The predicted molar refractivity (Wildman–Crippen MR) is 92.5 cm³/mol. The number of ketones is 2. The lowest BCUT2D eigenvalue weighted by atomic mass is 10.1. The molecule has 2 aromatic rings. The van der Waals surface area contributed by atoms with Gasteiger partial charge in [0, 0.05) is 23.3 Å². The Kier molecular flexibility index (Phi) is 7.27. The molecule has 0 heterocycles. The van der Waals surface area contributed by atoms with Crippen molar-refractivity contribution in [1.29, 1.82) is 0 Å².